The summed E-state index contributed by atoms with van der Waals surface area (Å²) in [6.07, 6.45) is 2.80. The van der Waals surface area contributed by atoms with Gasteiger partial charge in [0.25, 0.3) is 0 Å². The Kier molecular flexibility index (Phi) is 3.93. The smallest absolute Gasteiger partial charge is 0.305 e. The molecule has 0 aliphatic carbocycles. The molecule has 7 heteroatoms. The van der Waals surface area contributed by atoms with Crippen LogP contribution in [-0.4, -0.2) is 27.8 Å². The van der Waals surface area contributed by atoms with Gasteiger partial charge in [-0.05, 0) is 0 Å². The van der Waals surface area contributed by atoms with Gasteiger partial charge in [-0.25, -0.2) is 4.98 Å². The van der Waals surface area contributed by atoms with Gasteiger partial charge < -0.3 is 10.1 Å². The normalized spacial score (nSPS) is 10.3. The maximum absolute atomic E-state index is 11.0. The van der Waals surface area contributed by atoms with Gasteiger partial charge in [0.05, 0.1) is 19.2 Å². The molecule has 0 saturated heterocycles. The number of esters is 1. The highest BCUT2D eigenvalue weighted by Crippen LogP contribution is 2.20. The first-order valence-electron chi connectivity index (χ1n) is 5.45. The number of aromatic nitrogens is 3. The van der Waals surface area contributed by atoms with Crippen LogP contribution in [0.15, 0.2) is 17.6 Å². The van der Waals surface area contributed by atoms with Crippen LogP contribution in [0.3, 0.4) is 0 Å². The maximum Gasteiger partial charge on any atom is 0.305 e. The average Bonchev–Trinajstić information content (AvgIpc) is 2.96. The Morgan fingerprint density at radius 3 is 3.11 bits per heavy atom. The summed E-state index contributed by atoms with van der Waals surface area (Å²) in [5.41, 5.74) is 0.879. The van der Waals surface area contributed by atoms with Gasteiger partial charge in [0.2, 0.25) is 0 Å². The van der Waals surface area contributed by atoms with E-state index >= 15 is 0 Å². The third kappa shape index (κ3) is 3.30. The van der Waals surface area contributed by atoms with Crippen molar-refractivity contribution in [3.63, 3.8) is 0 Å². The van der Waals surface area contributed by atoms with Crippen molar-refractivity contribution in [2.24, 2.45) is 7.05 Å². The minimum absolute atomic E-state index is 0.220. The highest BCUT2D eigenvalue weighted by Gasteiger charge is 2.06. The van der Waals surface area contributed by atoms with Crippen molar-refractivity contribution in [2.75, 3.05) is 12.4 Å². The van der Waals surface area contributed by atoms with Gasteiger partial charge in [0.15, 0.2) is 10.9 Å². The van der Waals surface area contributed by atoms with Crippen LogP contribution in [0.4, 0.5) is 10.9 Å². The molecule has 6 nitrogen and oxygen atoms in total. The third-order valence-electron chi connectivity index (χ3n) is 2.31. The summed E-state index contributed by atoms with van der Waals surface area (Å²) in [7, 11) is 3.24. The van der Waals surface area contributed by atoms with E-state index in [-0.39, 0.29) is 5.97 Å². The number of anilines is 2. The lowest BCUT2D eigenvalue weighted by Gasteiger charge is -1.97. The van der Waals surface area contributed by atoms with Crippen LogP contribution in [0.1, 0.15) is 12.1 Å². The molecule has 0 bridgehead atoms. The topological polar surface area (TPSA) is 69.0 Å². The molecule has 18 heavy (non-hydrogen) atoms. The second kappa shape index (κ2) is 5.63. The van der Waals surface area contributed by atoms with Gasteiger partial charge in [-0.2, -0.15) is 5.10 Å². The lowest BCUT2D eigenvalue weighted by molar-refractivity contribution is -0.140. The number of rotatable bonds is 5. The van der Waals surface area contributed by atoms with Crippen molar-refractivity contribution in [1.82, 2.24) is 14.8 Å². The van der Waals surface area contributed by atoms with Crippen LogP contribution in [0.5, 0.6) is 0 Å². The molecule has 2 aromatic heterocycles. The lowest BCUT2D eigenvalue weighted by atomic mass is 10.2. The molecule has 0 atom stereocenters. The van der Waals surface area contributed by atoms with Crippen LogP contribution in [0, 0.1) is 0 Å². The zero-order valence-electron chi connectivity index (χ0n) is 10.2. The van der Waals surface area contributed by atoms with E-state index in [1.54, 1.807) is 4.68 Å². The van der Waals surface area contributed by atoms with Crippen molar-refractivity contribution in [2.45, 2.75) is 12.8 Å². The second-order valence-corrected chi connectivity index (χ2v) is 4.58. The minimum Gasteiger partial charge on any atom is -0.469 e. The molecule has 2 heterocycles. The van der Waals surface area contributed by atoms with Gasteiger partial charge in [-0.3, -0.25) is 9.48 Å². The fourth-order valence-corrected chi connectivity index (χ4v) is 2.15. The van der Waals surface area contributed by atoms with Crippen LogP contribution in [0.25, 0.3) is 0 Å². The molecule has 0 saturated carbocycles. The average molecular weight is 266 g/mol. The first-order valence-corrected chi connectivity index (χ1v) is 6.33. The predicted molar refractivity (Wildman–Crippen MR) is 68.9 cm³/mol. The molecule has 96 valence electrons. The number of aryl methyl sites for hydroxylation is 2. The summed E-state index contributed by atoms with van der Waals surface area (Å²) in [5, 5.41) is 10.0. The van der Waals surface area contributed by atoms with Crippen LogP contribution in [-0.2, 0) is 23.0 Å². The van der Waals surface area contributed by atoms with Gasteiger partial charge in [-0.15, -0.1) is 11.3 Å². The second-order valence-electron chi connectivity index (χ2n) is 3.72. The molecule has 0 spiro atoms. The molecule has 0 fully saturated rings. The van der Waals surface area contributed by atoms with E-state index in [1.165, 1.54) is 18.4 Å². The Bertz CT molecular complexity index is 535. The number of nitrogens with zero attached hydrogens (tertiary/aromatic N) is 3. The molecular weight excluding hydrogens is 252 g/mol. The van der Waals surface area contributed by atoms with Crippen molar-refractivity contribution < 1.29 is 9.53 Å². The number of methoxy groups -OCH3 is 1. The van der Waals surface area contributed by atoms with Gasteiger partial charge in [0, 0.05) is 31.1 Å². The Balaban J connectivity index is 1.91. The monoisotopic (exact) mass is 266 g/mol. The van der Waals surface area contributed by atoms with E-state index < -0.39 is 0 Å². The summed E-state index contributed by atoms with van der Waals surface area (Å²) in [4.78, 5) is 15.4. The van der Waals surface area contributed by atoms with Crippen LogP contribution < -0.4 is 5.32 Å². The highest BCUT2D eigenvalue weighted by atomic mass is 32.1. The molecule has 0 aromatic carbocycles. The molecule has 0 unspecified atom stereocenters. The molecule has 0 radical (unpaired) electrons. The number of ether oxygens (including phenoxy) is 1. The standard InChI is InChI=1S/C11H14N4O2S/c1-15-6-5-9(14-15)13-11-12-8(7-18-11)3-4-10(16)17-2/h5-7H,3-4H2,1-2H3,(H,12,13,14). The SMILES string of the molecule is COC(=O)CCc1csc(Nc2ccn(C)n2)n1. The van der Waals surface area contributed by atoms with Crippen molar-refractivity contribution in [3.8, 4) is 0 Å². The van der Waals surface area contributed by atoms with E-state index in [9.17, 15) is 4.79 Å². The molecule has 1 N–H and O–H groups in total. The van der Waals surface area contributed by atoms with Gasteiger partial charge in [-0.1, -0.05) is 0 Å². The largest absolute Gasteiger partial charge is 0.469 e. The summed E-state index contributed by atoms with van der Waals surface area (Å²) in [6.45, 7) is 0. The highest BCUT2D eigenvalue weighted by molar-refractivity contribution is 7.13. The molecule has 2 rings (SSSR count). The summed E-state index contributed by atoms with van der Waals surface area (Å²) in [6, 6.07) is 1.87. The van der Waals surface area contributed by atoms with E-state index in [4.69, 9.17) is 0 Å². The quantitative estimate of drug-likeness (QED) is 0.835. The molecule has 0 aliphatic heterocycles. The summed E-state index contributed by atoms with van der Waals surface area (Å²) >= 11 is 1.49. The first kappa shape index (κ1) is 12.6. The number of nitrogens with one attached hydrogen (secondary N) is 1. The molecule has 0 amide bonds. The van der Waals surface area contributed by atoms with Crippen molar-refractivity contribution >= 4 is 28.3 Å². The van der Waals surface area contributed by atoms with E-state index in [2.05, 4.69) is 20.1 Å². The zero-order valence-corrected chi connectivity index (χ0v) is 11.0. The van der Waals surface area contributed by atoms with Crippen LogP contribution >= 0.6 is 11.3 Å². The van der Waals surface area contributed by atoms with E-state index in [1.807, 2.05) is 24.7 Å². The predicted octanol–water partition coefficient (Wildman–Crippen LogP) is 1.73. The fourth-order valence-electron chi connectivity index (χ4n) is 1.40. The van der Waals surface area contributed by atoms with E-state index in [0.29, 0.717) is 12.8 Å². The Morgan fingerprint density at radius 2 is 2.44 bits per heavy atom. The summed E-state index contributed by atoms with van der Waals surface area (Å²) < 4.78 is 6.30. The van der Waals surface area contributed by atoms with Gasteiger partial charge in [0.1, 0.15) is 0 Å². The molecule has 0 aliphatic rings. The Labute approximate surface area is 109 Å². The minimum atomic E-state index is -0.220. The Morgan fingerprint density at radius 1 is 1.61 bits per heavy atom. The number of thiazole rings is 1. The Hall–Kier alpha value is -1.89. The lowest BCUT2D eigenvalue weighted by Crippen LogP contribution is -2.02. The number of carbonyl (C=O) groups is 1. The number of carbonyl (C=O) groups excluding carboxylic acids is 1. The van der Waals surface area contributed by atoms with Crippen molar-refractivity contribution in [1.29, 1.82) is 0 Å². The number of hydrogen-bond donors (Lipinski definition) is 1. The van der Waals surface area contributed by atoms with Crippen molar-refractivity contribution in [3.05, 3.63) is 23.3 Å². The van der Waals surface area contributed by atoms with Gasteiger partial charge >= 0.3 is 5.97 Å². The molecule has 2 aromatic rings. The zero-order chi connectivity index (χ0) is 13.0. The first-order chi connectivity index (χ1) is 8.67. The maximum atomic E-state index is 11.0. The summed E-state index contributed by atoms with van der Waals surface area (Å²) in [5.74, 6) is 0.536. The molecular formula is C11H14N4O2S. The fraction of sp³-hybridized carbons (Fsp3) is 0.364. The third-order valence-corrected chi connectivity index (χ3v) is 3.12. The van der Waals surface area contributed by atoms with Crippen LogP contribution in [0.2, 0.25) is 0 Å². The van der Waals surface area contributed by atoms with E-state index in [0.717, 1.165) is 16.6 Å². The number of hydrogen-bond acceptors (Lipinski definition) is 6.